The lowest BCUT2D eigenvalue weighted by molar-refractivity contribution is -0.910. The Morgan fingerprint density at radius 2 is 1.12 bits per heavy atom. The van der Waals surface area contributed by atoms with Gasteiger partial charge in [0.25, 0.3) is 0 Å². The minimum atomic E-state index is -6.73. The van der Waals surface area contributed by atoms with Crippen LogP contribution in [0.4, 0.5) is 26.3 Å². The van der Waals surface area contributed by atoms with E-state index in [2.05, 4.69) is 0 Å². The number of unbranched alkanes of at least 4 members (excludes halogenated alkanes) is 3. The van der Waals surface area contributed by atoms with Gasteiger partial charge >= 0.3 is 34.9 Å². The van der Waals surface area contributed by atoms with Crippen molar-refractivity contribution in [2.45, 2.75) is 61.2 Å². The summed E-state index contributed by atoms with van der Waals surface area (Å²) in [4.78, 5) is 0. The van der Waals surface area contributed by atoms with Gasteiger partial charge in [-0.2, -0.15) is 26.3 Å². The average molecular weight is 436 g/mol. The van der Waals surface area contributed by atoms with E-state index in [1.807, 2.05) is 0 Å². The third-order valence-electron chi connectivity index (χ3n) is 4.51. The lowest BCUT2D eigenvalue weighted by Gasteiger charge is -2.46. The van der Waals surface area contributed by atoms with Crippen molar-refractivity contribution in [3.8, 4) is 0 Å². The largest absolute Gasteiger partial charge is 0.504 e. The maximum Gasteiger partial charge on any atom is 0.504 e. The lowest BCUT2D eigenvalue weighted by atomic mass is 10.1. The zero-order chi connectivity index (χ0) is 21.2. The Morgan fingerprint density at radius 1 is 0.731 bits per heavy atom. The molecule has 13 heteroatoms. The summed E-state index contributed by atoms with van der Waals surface area (Å²) in [7, 11) is -12.0. The number of rotatable bonds is 9. The molecular weight excluding hydrogens is 412 g/mol. The molecule has 0 aromatic carbocycles. The van der Waals surface area contributed by atoms with Crippen LogP contribution in [0, 0.1) is 0 Å². The number of hydrogen-bond acceptors (Lipinski definition) is 4. The van der Waals surface area contributed by atoms with Crippen LogP contribution in [0.3, 0.4) is 0 Å². The second kappa shape index (κ2) is 7.82. The van der Waals surface area contributed by atoms with Gasteiger partial charge in [-0.05, 0) is 13.3 Å². The van der Waals surface area contributed by atoms with Crippen molar-refractivity contribution in [1.29, 1.82) is 0 Å². The quantitative estimate of drug-likeness (QED) is 0.315. The highest BCUT2D eigenvalue weighted by Crippen LogP contribution is 2.50. The molecule has 0 saturated carbocycles. The normalized spacial score (nSPS) is 15.3. The van der Waals surface area contributed by atoms with Gasteiger partial charge in [0.15, 0.2) is 0 Å². The van der Waals surface area contributed by atoms with Gasteiger partial charge in [0.1, 0.15) is 0 Å². The van der Waals surface area contributed by atoms with Crippen LogP contribution in [-0.2, 0) is 19.7 Å². The minimum absolute atomic E-state index is 0.0999. The van der Waals surface area contributed by atoms with E-state index in [4.69, 9.17) is 0 Å². The van der Waals surface area contributed by atoms with E-state index >= 15 is 0 Å². The summed E-state index contributed by atoms with van der Waals surface area (Å²) in [6.07, 6.45) is -0.648. The smallest absolute Gasteiger partial charge is 0.298 e. The monoisotopic (exact) mass is 436 g/mol. The van der Waals surface area contributed by atoms with Crippen LogP contribution < -0.4 is 0 Å². The third kappa shape index (κ3) is 3.98. The van der Waals surface area contributed by atoms with Crippen LogP contribution in [-0.4, -0.2) is 57.2 Å². The van der Waals surface area contributed by atoms with Crippen LogP contribution in [0.1, 0.15) is 46.0 Å². The summed E-state index contributed by atoms with van der Waals surface area (Å²) in [5.74, 6) is 0. The van der Waals surface area contributed by atoms with E-state index < -0.39 is 58.8 Å². The fraction of sp³-hybridized carbons (Fsp3) is 1.00. The molecule has 0 aliphatic rings. The molecule has 0 amide bonds. The van der Waals surface area contributed by atoms with Crippen molar-refractivity contribution in [2.24, 2.45) is 0 Å². The second-order valence-corrected chi connectivity index (χ2v) is 11.0. The molecule has 0 atom stereocenters. The Kier molecular flexibility index (Phi) is 7.65. The van der Waals surface area contributed by atoms with Crippen molar-refractivity contribution in [2.75, 3.05) is 20.6 Å². The number of alkyl halides is 6. The molecule has 0 N–H and O–H groups in total. The van der Waals surface area contributed by atoms with E-state index in [-0.39, 0.29) is 6.42 Å². The maximum atomic E-state index is 13.3. The Morgan fingerprint density at radius 3 is 1.38 bits per heavy atom. The Bertz CT molecular complexity index is 636. The van der Waals surface area contributed by atoms with Gasteiger partial charge in [0.2, 0.25) is 0 Å². The number of sulfone groups is 2. The molecule has 0 rings (SSSR count). The molecule has 0 unspecified atom stereocenters. The highest BCUT2D eigenvalue weighted by Gasteiger charge is 2.79. The van der Waals surface area contributed by atoms with Crippen LogP contribution in [0.2, 0.25) is 0 Å². The number of hydrogen-bond donors (Lipinski definition) is 0. The molecule has 0 aromatic heterocycles. The van der Waals surface area contributed by atoms with Crippen LogP contribution in [0.5, 0.6) is 0 Å². The van der Waals surface area contributed by atoms with E-state index in [0.29, 0.717) is 12.8 Å². The molecule has 0 radical (unpaired) electrons. The molecule has 0 bridgehead atoms. The SMILES string of the molecule is CCCCCCC([N+](C)(C)CC)(S(=O)(=O)C(F)(F)F)S(=O)(=O)C(F)(F)F. The zero-order valence-electron chi connectivity index (χ0n) is 14.9. The summed E-state index contributed by atoms with van der Waals surface area (Å²) >= 11 is 0. The first kappa shape index (κ1) is 25.4. The third-order valence-corrected chi connectivity index (χ3v) is 10.1. The van der Waals surface area contributed by atoms with Crippen LogP contribution in [0.15, 0.2) is 0 Å². The fourth-order valence-corrected chi connectivity index (χ4v) is 7.58. The first-order chi connectivity index (χ1) is 11.4. The van der Waals surface area contributed by atoms with Crippen LogP contribution in [0.25, 0.3) is 0 Å². The Balaban J connectivity index is 7.01. The summed E-state index contributed by atoms with van der Waals surface area (Å²) in [5.41, 5.74) is -12.3. The second-order valence-electron chi connectivity index (χ2n) is 6.42. The first-order valence-corrected chi connectivity index (χ1v) is 10.8. The molecular formula is C13H24F6NO4S2+. The highest BCUT2D eigenvalue weighted by atomic mass is 32.3. The van der Waals surface area contributed by atoms with Gasteiger partial charge in [0.05, 0.1) is 20.6 Å². The molecule has 0 aromatic rings. The number of halogens is 6. The van der Waals surface area contributed by atoms with Gasteiger partial charge < -0.3 is 0 Å². The predicted octanol–water partition coefficient (Wildman–Crippen LogP) is 3.58. The zero-order valence-corrected chi connectivity index (χ0v) is 16.5. The van der Waals surface area contributed by atoms with E-state index in [0.717, 1.165) is 21.0 Å². The Labute approximate surface area is 149 Å². The minimum Gasteiger partial charge on any atom is -0.298 e. The first-order valence-electron chi connectivity index (χ1n) is 7.82. The molecule has 5 nitrogen and oxygen atoms in total. The molecule has 158 valence electrons. The molecule has 26 heavy (non-hydrogen) atoms. The molecule has 0 aliphatic carbocycles. The number of quaternary nitrogens is 1. The van der Waals surface area contributed by atoms with Gasteiger partial charge in [-0.1, -0.05) is 26.2 Å². The summed E-state index contributed by atoms with van der Waals surface area (Å²) in [6.45, 7) is 2.26. The van der Waals surface area contributed by atoms with Crippen molar-refractivity contribution < 1.29 is 47.7 Å². The summed E-state index contributed by atoms with van der Waals surface area (Å²) in [5, 5.41) is 0. The predicted molar refractivity (Wildman–Crippen MR) is 84.1 cm³/mol. The van der Waals surface area contributed by atoms with Crippen molar-refractivity contribution in [1.82, 2.24) is 0 Å². The molecule has 0 saturated heterocycles. The van der Waals surface area contributed by atoms with Gasteiger partial charge in [-0.15, -0.1) is 0 Å². The van der Waals surface area contributed by atoms with Crippen molar-refractivity contribution in [3.63, 3.8) is 0 Å². The highest BCUT2D eigenvalue weighted by molar-refractivity contribution is 8.10. The summed E-state index contributed by atoms with van der Waals surface area (Å²) in [6, 6.07) is 0. The topological polar surface area (TPSA) is 68.3 Å². The van der Waals surface area contributed by atoms with E-state index in [1.54, 1.807) is 6.92 Å². The lowest BCUT2D eigenvalue weighted by Crippen LogP contribution is -2.72. The van der Waals surface area contributed by atoms with Crippen LogP contribution >= 0.6 is 0 Å². The molecule has 0 aliphatic heterocycles. The molecule has 0 fully saturated rings. The van der Waals surface area contributed by atoms with E-state index in [9.17, 15) is 43.2 Å². The van der Waals surface area contributed by atoms with Gasteiger partial charge in [0, 0.05) is 6.42 Å². The van der Waals surface area contributed by atoms with Gasteiger partial charge in [-0.3, -0.25) is 4.48 Å². The molecule has 0 spiro atoms. The number of nitrogens with zero attached hydrogens (tertiary/aromatic N) is 1. The maximum absolute atomic E-state index is 13.3. The van der Waals surface area contributed by atoms with Crippen molar-refractivity contribution in [3.05, 3.63) is 0 Å². The fourth-order valence-electron chi connectivity index (χ4n) is 2.74. The average Bonchev–Trinajstić information content (AvgIpc) is 2.44. The Hall–Kier alpha value is -0.560. The van der Waals surface area contributed by atoms with E-state index in [1.165, 1.54) is 0 Å². The molecule has 0 heterocycles. The standard InChI is InChI=1S/C13H24F6NO4S2/c1-5-7-8-9-10-11(20(3,4)6-2,25(21,22)12(14,15)16)26(23,24)13(17,18)19/h5-10H2,1-4H3/q+1. The summed E-state index contributed by atoms with van der Waals surface area (Å²) < 4.78 is 123. The van der Waals surface area contributed by atoms with Crippen molar-refractivity contribution >= 4 is 19.7 Å². The van der Waals surface area contributed by atoms with Gasteiger partial charge in [-0.25, -0.2) is 16.8 Å².